The van der Waals surface area contributed by atoms with Gasteiger partial charge in [0.2, 0.25) is 0 Å². The van der Waals surface area contributed by atoms with Crippen LogP contribution in [0.1, 0.15) is 16.8 Å². The average Bonchev–Trinajstić information content (AvgIpc) is 2.92. The van der Waals surface area contributed by atoms with E-state index >= 15 is 0 Å². The second-order valence-electron chi connectivity index (χ2n) is 4.49. The van der Waals surface area contributed by atoms with Gasteiger partial charge in [0.1, 0.15) is 6.10 Å². The van der Waals surface area contributed by atoms with Gasteiger partial charge >= 0.3 is 5.97 Å². The van der Waals surface area contributed by atoms with Crippen LogP contribution >= 0.6 is 0 Å². The third-order valence-electron chi connectivity index (χ3n) is 3.45. The smallest absolute Gasteiger partial charge is 0.338 e. The quantitative estimate of drug-likeness (QED) is 0.693. The Balaban J connectivity index is 1.65. The number of hydrogen-bond acceptors (Lipinski definition) is 4. The Hall–Kier alpha value is -1.42. The van der Waals surface area contributed by atoms with Crippen LogP contribution in [0.3, 0.4) is 0 Å². The van der Waals surface area contributed by atoms with Gasteiger partial charge in [0, 0.05) is 31.4 Å². The van der Waals surface area contributed by atoms with Crippen LogP contribution in [0, 0.1) is 5.92 Å². The van der Waals surface area contributed by atoms with Crippen LogP contribution in [0.25, 0.3) is 0 Å². The first kappa shape index (κ1) is 9.78. The molecule has 0 radical (unpaired) electrons. The van der Waals surface area contributed by atoms with E-state index in [2.05, 4.69) is 9.88 Å². The van der Waals surface area contributed by atoms with Gasteiger partial charge in [0.05, 0.1) is 5.56 Å². The first-order valence-electron chi connectivity index (χ1n) is 5.66. The van der Waals surface area contributed by atoms with E-state index in [0.29, 0.717) is 11.5 Å². The van der Waals surface area contributed by atoms with Gasteiger partial charge in [-0.15, -0.1) is 0 Å². The molecule has 3 rings (SSSR count). The first-order chi connectivity index (χ1) is 7.83. The van der Waals surface area contributed by atoms with E-state index in [1.165, 1.54) is 0 Å². The maximum Gasteiger partial charge on any atom is 0.338 e. The molecule has 1 aromatic heterocycles. The highest BCUT2D eigenvalue weighted by molar-refractivity contribution is 5.89. The van der Waals surface area contributed by atoms with Gasteiger partial charge in [-0.2, -0.15) is 0 Å². The van der Waals surface area contributed by atoms with E-state index in [-0.39, 0.29) is 12.1 Å². The number of pyridine rings is 1. The Bertz CT molecular complexity index is 393. The third-order valence-corrected chi connectivity index (χ3v) is 3.45. The molecular weight excluding hydrogens is 204 g/mol. The van der Waals surface area contributed by atoms with Gasteiger partial charge in [-0.1, -0.05) is 0 Å². The van der Waals surface area contributed by atoms with E-state index in [0.717, 1.165) is 26.1 Å². The number of carbonyl (C=O) groups is 1. The minimum Gasteiger partial charge on any atom is -0.457 e. The van der Waals surface area contributed by atoms with E-state index in [9.17, 15) is 4.79 Å². The second kappa shape index (κ2) is 3.87. The van der Waals surface area contributed by atoms with Crippen molar-refractivity contribution in [2.45, 2.75) is 12.5 Å². The second-order valence-corrected chi connectivity index (χ2v) is 4.49. The van der Waals surface area contributed by atoms with Gasteiger partial charge in [0.15, 0.2) is 0 Å². The molecule has 1 aromatic rings. The summed E-state index contributed by atoms with van der Waals surface area (Å²) in [7, 11) is 0. The summed E-state index contributed by atoms with van der Waals surface area (Å²) in [6, 6.07) is 3.38. The predicted octanol–water partition coefficient (Wildman–Crippen LogP) is 0.943. The molecule has 2 aliphatic rings. The zero-order valence-corrected chi connectivity index (χ0v) is 9.00. The SMILES string of the molecule is O=C(OC1CN2CCC1C2)c1ccncc1. The molecule has 3 atom stereocenters. The van der Waals surface area contributed by atoms with Crippen molar-refractivity contribution in [2.24, 2.45) is 5.92 Å². The van der Waals surface area contributed by atoms with Gasteiger partial charge in [0.25, 0.3) is 0 Å². The third kappa shape index (κ3) is 1.69. The maximum absolute atomic E-state index is 11.8. The highest BCUT2D eigenvalue weighted by Gasteiger charge is 2.40. The Morgan fingerprint density at radius 3 is 2.81 bits per heavy atom. The summed E-state index contributed by atoms with van der Waals surface area (Å²) < 4.78 is 5.52. The number of aromatic nitrogens is 1. The standard InChI is InChI=1S/C12H14N2O2/c15-12(9-1-4-13-5-2-9)16-11-8-14-6-3-10(11)7-14/h1-2,4-5,10-11H,3,6-8H2. The largest absolute Gasteiger partial charge is 0.457 e. The molecular formula is C12H14N2O2. The Kier molecular flexibility index (Phi) is 2.36. The van der Waals surface area contributed by atoms with E-state index < -0.39 is 0 Å². The summed E-state index contributed by atoms with van der Waals surface area (Å²) in [6.45, 7) is 3.16. The molecule has 0 aliphatic carbocycles. The lowest BCUT2D eigenvalue weighted by Gasteiger charge is -2.22. The number of hydrogen-bond donors (Lipinski definition) is 0. The molecule has 0 N–H and O–H groups in total. The number of nitrogens with zero attached hydrogens (tertiary/aromatic N) is 2. The van der Waals surface area contributed by atoms with Gasteiger partial charge in [-0.3, -0.25) is 9.88 Å². The number of fused-ring (bicyclic) bond motifs is 2. The fourth-order valence-corrected chi connectivity index (χ4v) is 2.56. The lowest BCUT2D eigenvalue weighted by Crippen LogP contribution is -2.31. The van der Waals surface area contributed by atoms with Crippen molar-refractivity contribution in [1.29, 1.82) is 0 Å². The fourth-order valence-electron chi connectivity index (χ4n) is 2.56. The number of esters is 1. The molecule has 3 heterocycles. The molecule has 16 heavy (non-hydrogen) atoms. The maximum atomic E-state index is 11.8. The van der Waals surface area contributed by atoms with E-state index in [1.54, 1.807) is 24.5 Å². The topological polar surface area (TPSA) is 42.4 Å². The highest BCUT2D eigenvalue weighted by atomic mass is 16.5. The van der Waals surface area contributed by atoms with Crippen LogP contribution < -0.4 is 0 Å². The summed E-state index contributed by atoms with van der Waals surface area (Å²) in [5.41, 5.74) is 0.591. The molecule has 4 heteroatoms. The van der Waals surface area contributed by atoms with E-state index in [4.69, 9.17) is 4.74 Å². The van der Waals surface area contributed by atoms with Gasteiger partial charge < -0.3 is 4.74 Å². The predicted molar refractivity (Wildman–Crippen MR) is 58.0 cm³/mol. The van der Waals surface area contributed by atoms with Gasteiger partial charge in [-0.25, -0.2) is 4.79 Å². The minimum atomic E-state index is -0.221. The van der Waals surface area contributed by atoms with Crippen molar-refractivity contribution in [3.8, 4) is 0 Å². The molecule has 2 aliphatic heterocycles. The Morgan fingerprint density at radius 2 is 2.19 bits per heavy atom. The van der Waals surface area contributed by atoms with Crippen molar-refractivity contribution in [1.82, 2.24) is 9.88 Å². The summed E-state index contributed by atoms with van der Waals surface area (Å²) in [4.78, 5) is 18.0. The molecule has 0 aromatic carbocycles. The molecule has 2 saturated heterocycles. The van der Waals surface area contributed by atoms with Gasteiger partial charge in [-0.05, 0) is 25.1 Å². The summed E-state index contributed by atoms with van der Waals surface area (Å²) >= 11 is 0. The molecule has 2 fully saturated rings. The lowest BCUT2D eigenvalue weighted by atomic mass is 10.0. The number of piperidine rings is 1. The lowest BCUT2D eigenvalue weighted by molar-refractivity contribution is 0.0182. The average molecular weight is 218 g/mol. The number of rotatable bonds is 2. The van der Waals surface area contributed by atoms with E-state index in [1.807, 2.05) is 0 Å². The van der Waals surface area contributed by atoms with Crippen molar-refractivity contribution >= 4 is 5.97 Å². The highest BCUT2D eigenvalue weighted by Crippen LogP contribution is 2.30. The van der Waals surface area contributed by atoms with Crippen LogP contribution in [0.4, 0.5) is 0 Å². The normalized spacial score (nSPS) is 31.6. The van der Waals surface area contributed by atoms with Crippen molar-refractivity contribution in [3.63, 3.8) is 0 Å². The van der Waals surface area contributed by atoms with Crippen molar-refractivity contribution in [2.75, 3.05) is 19.6 Å². The molecule has 3 unspecified atom stereocenters. The molecule has 0 spiro atoms. The monoisotopic (exact) mass is 218 g/mol. The molecule has 4 nitrogen and oxygen atoms in total. The first-order valence-corrected chi connectivity index (χ1v) is 5.66. The summed E-state index contributed by atoms with van der Waals surface area (Å²) in [5.74, 6) is 0.326. The number of carbonyl (C=O) groups excluding carboxylic acids is 1. The van der Waals surface area contributed by atoms with Crippen LogP contribution in [0.5, 0.6) is 0 Å². The number of ether oxygens (including phenoxy) is 1. The van der Waals surface area contributed by atoms with Crippen LogP contribution in [0.2, 0.25) is 0 Å². The van der Waals surface area contributed by atoms with Crippen molar-refractivity contribution in [3.05, 3.63) is 30.1 Å². The molecule has 84 valence electrons. The minimum absolute atomic E-state index is 0.0921. The van der Waals surface area contributed by atoms with Crippen LogP contribution in [-0.2, 0) is 4.74 Å². The Labute approximate surface area is 94.2 Å². The summed E-state index contributed by atoms with van der Waals surface area (Å²) in [6.07, 6.45) is 4.48. The zero-order chi connectivity index (χ0) is 11.0. The molecule has 0 amide bonds. The van der Waals surface area contributed by atoms with Crippen LogP contribution in [-0.4, -0.2) is 41.6 Å². The molecule has 2 bridgehead atoms. The molecule has 0 saturated carbocycles. The summed E-state index contributed by atoms with van der Waals surface area (Å²) in [5, 5.41) is 0. The fraction of sp³-hybridized carbons (Fsp3) is 0.500. The zero-order valence-electron chi connectivity index (χ0n) is 9.00. The Morgan fingerprint density at radius 1 is 1.38 bits per heavy atom. The van der Waals surface area contributed by atoms with Crippen molar-refractivity contribution < 1.29 is 9.53 Å². The van der Waals surface area contributed by atoms with Crippen LogP contribution in [0.15, 0.2) is 24.5 Å².